The molecule has 0 radical (unpaired) electrons. The van der Waals surface area contributed by atoms with Gasteiger partial charge in [-0.05, 0) is 168 Å². The van der Waals surface area contributed by atoms with Gasteiger partial charge in [-0.2, -0.15) is 0 Å². The molecule has 17 rings (SSSR count). The summed E-state index contributed by atoms with van der Waals surface area (Å²) in [4.78, 5) is 9.48. The molecule has 0 bridgehead atoms. The second-order valence-electron chi connectivity index (χ2n) is 22.0. The third-order valence-corrected chi connectivity index (χ3v) is 20.2. The molecule has 17 aromatic rings. The van der Waals surface area contributed by atoms with Crippen molar-refractivity contribution in [2.45, 2.75) is 0 Å². The number of hydrogen-bond donors (Lipinski definition) is 0. The minimum absolute atomic E-state index is 1.14. The minimum atomic E-state index is 1.14. The summed E-state index contributed by atoms with van der Waals surface area (Å²) < 4.78 is 7.74. The molecule has 0 saturated carbocycles. The van der Waals surface area contributed by atoms with Gasteiger partial charge < -0.3 is 19.6 Å². The molecule has 7 heteroatoms. The monoisotopic (exact) mass is 1190 g/mol. The van der Waals surface area contributed by atoms with Gasteiger partial charge in [-0.3, -0.25) is 0 Å². The van der Waals surface area contributed by atoms with Gasteiger partial charge in [0.2, 0.25) is 0 Å². The maximum Gasteiger partial charge on any atom is 0.0640 e. The highest BCUT2D eigenvalue weighted by Crippen LogP contribution is 2.50. The predicted octanol–water partition coefficient (Wildman–Crippen LogP) is 25.5. The van der Waals surface area contributed by atoms with E-state index in [2.05, 4.69) is 359 Å². The van der Waals surface area contributed by atoms with Crippen LogP contribution in [-0.2, 0) is 0 Å². The van der Waals surface area contributed by atoms with Crippen LogP contribution in [0.3, 0.4) is 0 Å². The lowest BCUT2D eigenvalue weighted by molar-refractivity contribution is 1.29. The third kappa shape index (κ3) is 10.2. The Kier molecular flexibility index (Phi) is 14.1. The molecule has 0 N–H and O–H groups in total. The summed E-state index contributed by atoms with van der Waals surface area (Å²) in [7, 11) is 0. The zero-order valence-electron chi connectivity index (χ0n) is 48.3. The zero-order chi connectivity index (χ0) is 59.0. The second-order valence-corrected chi connectivity index (χ2v) is 25.2. The Morgan fingerprint density at radius 2 is 0.472 bits per heavy atom. The topological polar surface area (TPSA) is 13.0 Å². The van der Waals surface area contributed by atoms with Crippen LogP contribution >= 0.6 is 34.0 Å². The maximum atomic E-state index is 2.42. The average molecular weight is 1190 g/mol. The SMILES string of the molecule is c1ccc(N(c2ccccc2)c2ccc3sc4c(N(c5ccccc5)c5ccc6ccccc6c5)cccc4c3c2)cc1.c1ccc(N(c2ccccc2)c2ccc3sc4c(N(c5ccccc5)c5ccc6sc7ccccc7c6c5)cccc4c3c2)cc1. The van der Waals surface area contributed by atoms with Crippen LogP contribution < -0.4 is 19.6 Å². The lowest BCUT2D eigenvalue weighted by Crippen LogP contribution is -2.10. The van der Waals surface area contributed by atoms with Crippen molar-refractivity contribution < 1.29 is 0 Å². The molecule has 0 spiro atoms. The van der Waals surface area contributed by atoms with Crippen LogP contribution in [0.2, 0.25) is 0 Å². The van der Waals surface area contributed by atoms with E-state index in [1.807, 2.05) is 34.0 Å². The molecule has 0 unspecified atom stereocenters. The van der Waals surface area contributed by atoms with E-state index < -0.39 is 0 Å². The summed E-state index contributed by atoms with van der Waals surface area (Å²) >= 11 is 5.59. The second kappa shape index (κ2) is 23.5. The first-order valence-electron chi connectivity index (χ1n) is 30.0. The Labute approximate surface area is 529 Å². The van der Waals surface area contributed by atoms with Crippen LogP contribution in [0.25, 0.3) is 71.3 Å². The Morgan fingerprint density at radius 1 is 0.169 bits per heavy atom. The molecule has 0 atom stereocenters. The highest BCUT2D eigenvalue weighted by atomic mass is 32.1. The van der Waals surface area contributed by atoms with E-state index in [1.165, 1.54) is 82.7 Å². The number of thiophene rings is 3. The lowest BCUT2D eigenvalue weighted by Gasteiger charge is -2.26. The van der Waals surface area contributed by atoms with E-state index >= 15 is 0 Å². The molecule has 0 amide bonds. The molecular formula is C82H56N4S3. The fourth-order valence-electron chi connectivity index (χ4n) is 12.6. The molecule has 422 valence electrons. The van der Waals surface area contributed by atoms with Gasteiger partial charge in [-0.15, -0.1) is 34.0 Å². The van der Waals surface area contributed by atoms with Gasteiger partial charge in [0.05, 0.1) is 20.8 Å². The first-order valence-corrected chi connectivity index (χ1v) is 32.4. The molecular weight excluding hydrogens is 1140 g/mol. The number of hydrogen-bond acceptors (Lipinski definition) is 7. The van der Waals surface area contributed by atoms with Crippen molar-refractivity contribution in [1.29, 1.82) is 0 Å². The zero-order valence-corrected chi connectivity index (χ0v) is 50.8. The quantitative estimate of drug-likeness (QED) is 0.121. The molecule has 14 aromatic carbocycles. The van der Waals surface area contributed by atoms with Crippen LogP contribution in [0.1, 0.15) is 0 Å². The van der Waals surface area contributed by atoms with E-state index in [9.17, 15) is 0 Å². The van der Waals surface area contributed by atoms with Crippen molar-refractivity contribution in [3.8, 4) is 0 Å². The van der Waals surface area contributed by atoms with Gasteiger partial charge in [-0.25, -0.2) is 0 Å². The highest BCUT2D eigenvalue weighted by molar-refractivity contribution is 7.27. The Bertz CT molecular complexity index is 5260. The minimum Gasteiger partial charge on any atom is -0.310 e. The van der Waals surface area contributed by atoms with Crippen LogP contribution in [-0.4, -0.2) is 0 Å². The Morgan fingerprint density at radius 3 is 0.910 bits per heavy atom. The van der Waals surface area contributed by atoms with E-state index in [1.54, 1.807) is 0 Å². The number of nitrogens with zero attached hydrogens (tertiary/aromatic N) is 4. The van der Waals surface area contributed by atoms with Crippen molar-refractivity contribution in [1.82, 2.24) is 0 Å². The van der Waals surface area contributed by atoms with Gasteiger partial charge in [0.25, 0.3) is 0 Å². The number of anilines is 12. The maximum absolute atomic E-state index is 2.42. The summed E-state index contributed by atoms with van der Waals surface area (Å²) in [5.41, 5.74) is 13.8. The summed E-state index contributed by atoms with van der Waals surface area (Å²) in [6, 6.07) is 122. The van der Waals surface area contributed by atoms with E-state index in [0.717, 1.165) is 56.9 Å². The molecule has 0 aliphatic carbocycles. The van der Waals surface area contributed by atoms with Gasteiger partial charge in [0, 0.05) is 108 Å². The predicted molar refractivity (Wildman–Crippen MR) is 388 cm³/mol. The molecule has 3 aromatic heterocycles. The first kappa shape index (κ1) is 53.7. The fourth-order valence-corrected chi connectivity index (χ4v) is 16.0. The average Bonchev–Trinajstić information content (AvgIpc) is 3.43. The van der Waals surface area contributed by atoms with Crippen molar-refractivity contribution in [2.24, 2.45) is 0 Å². The molecule has 0 fully saturated rings. The van der Waals surface area contributed by atoms with Crippen LogP contribution in [0.4, 0.5) is 68.2 Å². The first-order chi connectivity index (χ1) is 44.1. The van der Waals surface area contributed by atoms with Crippen molar-refractivity contribution in [2.75, 3.05) is 19.6 Å². The normalized spacial score (nSPS) is 11.4. The number of benzene rings is 14. The van der Waals surface area contributed by atoms with Crippen LogP contribution in [0, 0.1) is 0 Å². The Balaban J connectivity index is 0.000000143. The van der Waals surface area contributed by atoms with Gasteiger partial charge in [-0.1, -0.05) is 182 Å². The smallest absolute Gasteiger partial charge is 0.0640 e. The number of fused-ring (bicyclic) bond motifs is 10. The summed E-state index contributed by atoms with van der Waals surface area (Å²) in [5.74, 6) is 0. The fraction of sp³-hybridized carbons (Fsp3) is 0. The molecule has 3 heterocycles. The van der Waals surface area contributed by atoms with Gasteiger partial charge in [0.15, 0.2) is 0 Å². The summed E-state index contributed by atoms with van der Waals surface area (Å²) in [5, 5.41) is 10.2. The third-order valence-electron chi connectivity index (χ3n) is 16.6. The number of para-hydroxylation sites is 6. The molecule has 0 aliphatic rings. The molecule has 89 heavy (non-hydrogen) atoms. The summed E-state index contributed by atoms with van der Waals surface area (Å²) in [6.07, 6.45) is 0. The van der Waals surface area contributed by atoms with Crippen molar-refractivity contribution in [3.63, 3.8) is 0 Å². The Hall–Kier alpha value is -10.8. The molecule has 0 saturated heterocycles. The van der Waals surface area contributed by atoms with E-state index in [-0.39, 0.29) is 0 Å². The molecule has 4 nitrogen and oxygen atoms in total. The number of rotatable bonds is 12. The van der Waals surface area contributed by atoms with Crippen LogP contribution in [0.15, 0.2) is 340 Å². The standard InChI is InChI=1S/C42H28N2S2.C40H28N2S/c1-4-13-29(14-5-1)43(30-15-6-2-7-16-30)32-23-26-41-37(27-32)35-20-12-21-38(42(35)46-41)44(31-17-8-3-9-18-31)33-24-25-40-36(28-33)34-19-10-11-22-39(34)45-40;1-4-15-31(16-5-1)41(32-17-6-2-7-18-32)35-25-26-39-37(28-35)36-21-12-22-38(40(36)43-39)42(33-19-8-3-9-20-33)34-24-23-29-13-10-11-14-30(29)27-34/h1-28H;1-28H. The summed E-state index contributed by atoms with van der Waals surface area (Å²) in [6.45, 7) is 0. The largest absolute Gasteiger partial charge is 0.310 e. The van der Waals surface area contributed by atoms with Gasteiger partial charge in [0.1, 0.15) is 0 Å². The van der Waals surface area contributed by atoms with Gasteiger partial charge >= 0.3 is 0 Å². The lowest BCUT2D eigenvalue weighted by atomic mass is 10.1. The van der Waals surface area contributed by atoms with E-state index in [4.69, 9.17) is 0 Å². The van der Waals surface area contributed by atoms with Crippen LogP contribution in [0.5, 0.6) is 0 Å². The van der Waals surface area contributed by atoms with E-state index in [0.29, 0.717) is 0 Å². The van der Waals surface area contributed by atoms with Crippen molar-refractivity contribution >= 4 is 174 Å². The van der Waals surface area contributed by atoms with Crippen molar-refractivity contribution in [3.05, 3.63) is 340 Å². The molecule has 0 aliphatic heterocycles. The highest BCUT2D eigenvalue weighted by Gasteiger charge is 2.23.